The number of ether oxygens (including phenoxy) is 1. The molecule has 3 rings (SSSR count). The van der Waals surface area contributed by atoms with Gasteiger partial charge in [-0.1, -0.05) is 0 Å². The summed E-state index contributed by atoms with van der Waals surface area (Å²) < 4.78 is 6.16. The van der Waals surface area contributed by atoms with Crippen LogP contribution in [0.1, 0.15) is 10.5 Å². The van der Waals surface area contributed by atoms with Crippen molar-refractivity contribution in [2.45, 2.75) is 0 Å². The highest BCUT2D eigenvalue weighted by molar-refractivity contribution is 5.90. The Hall–Kier alpha value is -3.49. The van der Waals surface area contributed by atoms with Crippen molar-refractivity contribution in [1.29, 1.82) is 0 Å². The quantitative estimate of drug-likeness (QED) is 0.755. The van der Waals surface area contributed by atoms with E-state index in [1.54, 1.807) is 23.0 Å². The number of carboxylic acid groups (broad SMARTS) is 1. The third kappa shape index (κ3) is 2.79. The zero-order valence-electron chi connectivity index (χ0n) is 11.9. The predicted octanol–water partition coefficient (Wildman–Crippen LogP) is 1.69. The molecule has 116 valence electrons. The Morgan fingerprint density at radius 2 is 2.04 bits per heavy atom. The first-order valence-corrected chi connectivity index (χ1v) is 6.46. The molecule has 0 spiro atoms. The fourth-order valence-corrected chi connectivity index (χ4v) is 1.99. The van der Waals surface area contributed by atoms with E-state index < -0.39 is 12.1 Å². The van der Waals surface area contributed by atoms with Gasteiger partial charge in [0.05, 0.1) is 30.7 Å². The molecular weight excluding hydrogens is 302 g/mol. The van der Waals surface area contributed by atoms with Crippen LogP contribution >= 0.6 is 0 Å². The summed E-state index contributed by atoms with van der Waals surface area (Å²) in [5, 5.41) is 11.5. The van der Waals surface area contributed by atoms with Crippen LogP contribution in [0, 0.1) is 0 Å². The number of nitrogens with zero attached hydrogens (tertiary/aromatic N) is 4. The average Bonchev–Trinajstić information content (AvgIpc) is 2.98. The van der Waals surface area contributed by atoms with Gasteiger partial charge in [-0.3, -0.25) is 9.88 Å². The topological polar surface area (TPSA) is 119 Å². The molecule has 9 nitrogen and oxygen atoms in total. The third-order valence-corrected chi connectivity index (χ3v) is 3.09. The van der Waals surface area contributed by atoms with Crippen molar-refractivity contribution < 1.29 is 19.4 Å². The van der Waals surface area contributed by atoms with Crippen molar-refractivity contribution in [3.05, 3.63) is 42.6 Å². The number of carbonyl (C=O) groups is 2. The van der Waals surface area contributed by atoms with E-state index in [-0.39, 0.29) is 5.69 Å². The number of aromatic nitrogens is 4. The summed E-state index contributed by atoms with van der Waals surface area (Å²) in [7, 11) is 1.26. The van der Waals surface area contributed by atoms with Gasteiger partial charge in [0, 0.05) is 0 Å². The van der Waals surface area contributed by atoms with Crippen molar-refractivity contribution >= 4 is 28.9 Å². The molecule has 3 aromatic heterocycles. The van der Waals surface area contributed by atoms with Crippen LogP contribution in [0.25, 0.3) is 16.7 Å². The lowest BCUT2D eigenvalue weighted by Crippen LogP contribution is -2.12. The van der Waals surface area contributed by atoms with E-state index in [1.165, 1.54) is 25.6 Å². The first-order valence-electron chi connectivity index (χ1n) is 6.46. The first-order chi connectivity index (χ1) is 11.1. The Balaban J connectivity index is 1.98. The number of hydrogen-bond donors (Lipinski definition) is 2. The van der Waals surface area contributed by atoms with Gasteiger partial charge in [0.2, 0.25) is 0 Å². The Morgan fingerprint density at radius 3 is 2.70 bits per heavy atom. The highest BCUT2D eigenvalue weighted by Crippen LogP contribution is 2.19. The van der Waals surface area contributed by atoms with Crippen LogP contribution in [0.5, 0.6) is 0 Å². The molecule has 23 heavy (non-hydrogen) atoms. The number of nitrogens with one attached hydrogen (secondary N) is 1. The van der Waals surface area contributed by atoms with Crippen molar-refractivity contribution in [2.75, 3.05) is 12.4 Å². The first kappa shape index (κ1) is 14.4. The molecule has 0 aliphatic heterocycles. The molecule has 0 aliphatic carbocycles. The summed E-state index contributed by atoms with van der Waals surface area (Å²) in [6.07, 6.45) is 3.85. The molecule has 1 amide bonds. The summed E-state index contributed by atoms with van der Waals surface area (Å²) >= 11 is 0. The Labute approximate surface area is 129 Å². The minimum absolute atomic E-state index is 0.0730. The van der Waals surface area contributed by atoms with Crippen molar-refractivity contribution in [1.82, 2.24) is 19.5 Å². The summed E-state index contributed by atoms with van der Waals surface area (Å²) in [5.41, 5.74) is 1.74. The van der Waals surface area contributed by atoms with E-state index >= 15 is 0 Å². The predicted molar refractivity (Wildman–Crippen MR) is 79.6 cm³/mol. The van der Waals surface area contributed by atoms with Gasteiger partial charge in [0.1, 0.15) is 23.4 Å². The molecule has 0 bridgehead atoms. The Morgan fingerprint density at radius 1 is 1.22 bits per heavy atom. The van der Waals surface area contributed by atoms with Gasteiger partial charge in [0.25, 0.3) is 0 Å². The molecule has 3 heterocycles. The van der Waals surface area contributed by atoms with E-state index in [2.05, 4.69) is 25.0 Å². The van der Waals surface area contributed by atoms with Gasteiger partial charge < -0.3 is 9.84 Å². The monoisotopic (exact) mass is 313 g/mol. The second-order valence-corrected chi connectivity index (χ2v) is 4.50. The lowest BCUT2D eigenvalue weighted by molar-refractivity contribution is 0.0690. The maximum Gasteiger partial charge on any atom is 0.412 e. The fraction of sp³-hybridized carbons (Fsp3) is 0.0714. The van der Waals surface area contributed by atoms with E-state index in [4.69, 9.17) is 5.11 Å². The molecule has 0 radical (unpaired) electrons. The number of pyridine rings is 2. The highest BCUT2D eigenvalue weighted by Gasteiger charge is 2.11. The SMILES string of the molecule is COC(=O)Nc1ccc(-n2cnc3cnc(C(=O)O)cc32)cn1. The molecule has 3 aromatic rings. The van der Waals surface area contributed by atoms with Crippen molar-refractivity contribution in [3.63, 3.8) is 0 Å². The molecule has 0 saturated carbocycles. The molecule has 9 heteroatoms. The molecule has 0 aromatic carbocycles. The van der Waals surface area contributed by atoms with E-state index in [1.807, 2.05) is 0 Å². The second kappa shape index (κ2) is 5.72. The largest absolute Gasteiger partial charge is 0.477 e. The van der Waals surface area contributed by atoms with Gasteiger partial charge in [-0.25, -0.2) is 24.5 Å². The lowest BCUT2D eigenvalue weighted by atomic mass is 10.3. The van der Waals surface area contributed by atoms with Crippen LogP contribution in [0.3, 0.4) is 0 Å². The fourth-order valence-electron chi connectivity index (χ4n) is 1.99. The molecule has 2 N–H and O–H groups in total. The standard InChI is InChI=1S/C14H11N5O4/c1-23-14(22)18-12-3-2-8(5-16-12)19-7-17-10-6-15-9(13(20)21)4-11(10)19/h2-7H,1H3,(H,20,21)(H,16,18,22). The third-order valence-electron chi connectivity index (χ3n) is 3.09. The zero-order valence-corrected chi connectivity index (χ0v) is 11.9. The average molecular weight is 313 g/mol. The van der Waals surface area contributed by atoms with Gasteiger partial charge in [-0.15, -0.1) is 0 Å². The smallest absolute Gasteiger partial charge is 0.412 e. The molecule has 0 atom stereocenters. The summed E-state index contributed by atoms with van der Waals surface area (Å²) in [6, 6.07) is 4.74. The number of carboxylic acids is 1. The highest BCUT2D eigenvalue weighted by atomic mass is 16.5. The van der Waals surface area contributed by atoms with Crippen LogP contribution in [0.2, 0.25) is 0 Å². The maximum atomic E-state index is 11.1. The number of rotatable bonds is 3. The van der Waals surface area contributed by atoms with Crippen LogP contribution < -0.4 is 5.32 Å². The lowest BCUT2D eigenvalue weighted by Gasteiger charge is -2.06. The number of amides is 1. The van der Waals surface area contributed by atoms with Crippen molar-refractivity contribution in [2.24, 2.45) is 0 Å². The van der Waals surface area contributed by atoms with Crippen molar-refractivity contribution in [3.8, 4) is 5.69 Å². The number of imidazole rings is 1. The van der Waals surface area contributed by atoms with E-state index in [0.717, 1.165) is 0 Å². The molecule has 0 aliphatic rings. The number of hydrogen-bond acceptors (Lipinski definition) is 6. The Bertz CT molecular complexity index is 888. The van der Waals surface area contributed by atoms with Gasteiger partial charge in [-0.2, -0.15) is 0 Å². The summed E-state index contributed by atoms with van der Waals surface area (Å²) in [5.74, 6) is -0.784. The molecule has 0 fully saturated rings. The summed E-state index contributed by atoms with van der Waals surface area (Å²) in [4.78, 5) is 34.2. The normalized spacial score (nSPS) is 10.5. The molecule has 0 unspecified atom stereocenters. The number of fused-ring (bicyclic) bond motifs is 1. The minimum Gasteiger partial charge on any atom is -0.477 e. The van der Waals surface area contributed by atoms with Gasteiger partial charge in [0.15, 0.2) is 0 Å². The van der Waals surface area contributed by atoms with Gasteiger partial charge >= 0.3 is 12.1 Å². The van der Waals surface area contributed by atoms with Crippen LogP contribution in [-0.4, -0.2) is 43.8 Å². The summed E-state index contributed by atoms with van der Waals surface area (Å²) in [6.45, 7) is 0. The van der Waals surface area contributed by atoms with Crippen LogP contribution in [0.4, 0.5) is 10.6 Å². The number of carbonyl (C=O) groups excluding carboxylic acids is 1. The van der Waals surface area contributed by atoms with Gasteiger partial charge in [-0.05, 0) is 18.2 Å². The number of aromatic carboxylic acids is 1. The minimum atomic E-state index is -1.12. The van der Waals surface area contributed by atoms with E-state index in [9.17, 15) is 9.59 Å². The maximum absolute atomic E-state index is 11.1. The second-order valence-electron chi connectivity index (χ2n) is 4.50. The number of methoxy groups -OCH3 is 1. The zero-order chi connectivity index (χ0) is 16.4. The molecule has 0 saturated heterocycles. The van der Waals surface area contributed by atoms with E-state index in [0.29, 0.717) is 22.5 Å². The Kier molecular flexibility index (Phi) is 3.59. The van der Waals surface area contributed by atoms with Crippen LogP contribution in [-0.2, 0) is 4.74 Å². The number of anilines is 1. The molecular formula is C14H11N5O4. The van der Waals surface area contributed by atoms with Crippen LogP contribution in [0.15, 0.2) is 36.9 Å².